The first-order valence-electron chi connectivity index (χ1n) is 8.89. The van der Waals surface area contributed by atoms with Gasteiger partial charge in [0.15, 0.2) is 0 Å². The van der Waals surface area contributed by atoms with Crippen molar-refractivity contribution in [3.63, 3.8) is 0 Å². The summed E-state index contributed by atoms with van der Waals surface area (Å²) < 4.78 is 0. The van der Waals surface area contributed by atoms with Crippen LogP contribution in [0.4, 0.5) is 0 Å². The van der Waals surface area contributed by atoms with Crippen LogP contribution in [0.15, 0.2) is 11.6 Å². The highest BCUT2D eigenvalue weighted by atomic mass is 17.2. The van der Waals surface area contributed by atoms with E-state index in [9.17, 15) is 0 Å². The number of allylic oxidation sites excluding steroid dienone is 1. The Hall–Kier alpha value is -0.340. The minimum Gasteiger partial charge on any atom is -0.228 e. The second-order valence-corrected chi connectivity index (χ2v) is 8.65. The standard InChI is InChI=1S/C18H24O2/c1-2-13-4-10(1)9-16-17(13)19-20-18(16)14-5-11-3-12(7-14)8-15(18)6-11/h9-15,17H,1-8H2. The average Bonchev–Trinajstić information content (AvgIpc) is 3.00. The second-order valence-electron chi connectivity index (χ2n) is 8.65. The Labute approximate surface area is 120 Å². The smallest absolute Gasteiger partial charge is 0.133 e. The van der Waals surface area contributed by atoms with E-state index >= 15 is 0 Å². The van der Waals surface area contributed by atoms with Crippen LogP contribution >= 0.6 is 0 Å². The third-order valence-corrected chi connectivity index (χ3v) is 7.76. The predicted octanol–water partition coefficient (Wildman–Crippen LogP) is 3.87. The van der Waals surface area contributed by atoms with Gasteiger partial charge in [0.25, 0.3) is 0 Å². The minimum atomic E-state index is 0.0271. The fourth-order valence-corrected chi connectivity index (χ4v) is 7.24. The molecule has 0 aromatic rings. The number of fused-ring (bicyclic) bond motifs is 4. The highest BCUT2D eigenvalue weighted by Gasteiger charge is 2.66. The van der Waals surface area contributed by atoms with Gasteiger partial charge in [-0.3, -0.25) is 0 Å². The van der Waals surface area contributed by atoms with Crippen molar-refractivity contribution >= 4 is 0 Å². The van der Waals surface area contributed by atoms with Gasteiger partial charge in [0, 0.05) is 0 Å². The molecule has 3 atom stereocenters. The quantitative estimate of drug-likeness (QED) is 0.492. The number of rotatable bonds is 0. The van der Waals surface area contributed by atoms with Gasteiger partial charge in [-0.2, -0.15) is 0 Å². The zero-order chi connectivity index (χ0) is 12.9. The van der Waals surface area contributed by atoms with Crippen molar-refractivity contribution in [3.8, 4) is 0 Å². The Morgan fingerprint density at radius 2 is 1.65 bits per heavy atom. The monoisotopic (exact) mass is 272 g/mol. The van der Waals surface area contributed by atoms with Crippen molar-refractivity contribution in [3.05, 3.63) is 11.6 Å². The zero-order valence-electron chi connectivity index (χ0n) is 12.1. The molecule has 0 aromatic heterocycles. The highest BCUT2D eigenvalue weighted by molar-refractivity contribution is 5.34. The van der Waals surface area contributed by atoms with Crippen molar-refractivity contribution in [2.24, 2.45) is 35.5 Å². The third kappa shape index (κ3) is 1.17. The highest BCUT2D eigenvalue weighted by Crippen LogP contribution is 2.66. The Morgan fingerprint density at radius 3 is 2.40 bits per heavy atom. The van der Waals surface area contributed by atoms with Crippen LogP contribution in [-0.2, 0) is 9.78 Å². The van der Waals surface area contributed by atoms with E-state index in [1.54, 1.807) is 5.57 Å². The lowest BCUT2D eigenvalue weighted by Gasteiger charge is -2.58. The second kappa shape index (κ2) is 3.52. The molecule has 6 bridgehead atoms. The summed E-state index contributed by atoms with van der Waals surface area (Å²) in [4.78, 5) is 12.2. The van der Waals surface area contributed by atoms with E-state index < -0.39 is 0 Å². The van der Waals surface area contributed by atoms with Crippen molar-refractivity contribution in [1.29, 1.82) is 0 Å². The zero-order valence-corrected chi connectivity index (χ0v) is 12.1. The molecule has 7 rings (SSSR count). The molecule has 108 valence electrons. The molecule has 1 spiro atoms. The maximum absolute atomic E-state index is 6.25. The maximum Gasteiger partial charge on any atom is 0.133 e. The van der Waals surface area contributed by atoms with Gasteiger partial charge in [0.1, 0.15) is 11.7 Å². The summed E-state index contributed by atoms with van der Waals surface area (Å²) in [6.45, 7) is 0. The lowest BCUT2D eigenvalue weighted by atomic mass is 9.47. The fourth-order valence-electron chi connectivity index (χ4n) is 7.24. The molecule has 2 heteroatoms. The summed E-state index contributed by atoms with van der Waals surface area (Å²) in [5.41, 5.74) is 1.64. The van der Waals surface area contributed by atoms with E-state index in [4.69, 9.17) is 9.78 Å². The van der Waals surface area contributed by atoms with Crippen molar-refractivity contribution in [2.45, 2.75) is 63.1 Å². The minimum absolute atomic E-state index is 0.0271. The molecule has 6 fully saturated rings. The van der Waals surface area contributed by atoms with Crippen molar-refractivity contribution < 1.29 is 9.78 Å². The maximum atomic E-state index is 6.25. The topological polar surface area (TPSA) is 18.5 Å². The van der Waals surface area contributed by atoms with Crippen LogP contribution in [0.3, 0.4) is 0 Å². The summed E-state index contributed by atoms with van der Waals surface area (Å²) in [5.74, 6) is 5.15. The van der Waals surface area contributed by atoms with Crippen molar-refractivity contribution in [1.82, 2.24) is 0 Å². The van der Waals surface area contributed by atoms with Gasteiger partial charge in [-0.15, -0.1) is 0 Å². The van der Waals surface area contributed by atoms with E-state index in [2.05, 4.69) is 6.08 Å². The molecule has 0 radical (unpaired) electrons. The lowest BCUT2D eigenvalue weighted by Crippen LogP contribution is -2.58. The molecule has 1 heterocycles. The fraction of sp³-hybridized carbons (Fsp3) is 0.889. The Morgan fingerprint density at radius 1 is 0.900 bits per heavy atom. The van der Waals surface area contributed by atoms with Crippen molar-refractivity contribution in [2.75, 3.05) is 0 Å². The van der Waals surface area contributed by atoms with Crippen LogP contribution in [0, 0.1) is 35.5 Å². The van der Waals surface area contributed by atoms with Crippen LogP contribution in [0.2, 0.25) is 0 Å². The Kier molecular flexibility index (Phi) is 1.98. The molecule has 20 heavy (non-hydrogen) atoms. The molecular formula is C18H24O2. The van der Waals surface area contributed by atoms with E-state index in [0.717, 1.165) is 35.5 Å². The van der Waals surface area contributed by atoms with Crippen LogP contribution in [-0.4, -0.2) is 11.7 Å². The summed E-state index contributed by atoms with van der Waals surface area (Å²) >= 11 is 0. The van der Waals surface area contributed by atoms with Crippen LogP contribution in [0.25, 0.3) is 0 Å². The summed E-state index contributed by atoms with van der Waals surface area (Å²) in [5, 5.41) is 0. The summed E-state index contributed by atoms with van der Waals surface area (Å²) in [6, 6.07) is 0. The molecule has 7 aliphatic rings. The molecule has 0 amide bonds. The van der Waals surface area contributed by atoms with Gasteiger partial charge in [0.05, 0.1) is 0 Å². The summed E-state index contributed by atoms with van der Waals surface area (Å²) in [7, 11) is 0. The molecule has 6 aliphatic carbocycles. The first-order chi connectivity index (χ1) is 9.83. The molecule has 1 aliphatic heterocycles. The molecular weight excluding hydrogens is 248 g/mol. The molecule has 0 N–H and O–H groups in total. The SMILES string of the molecule is C1=C2C(OOC23C2CC4CC(C2)CC3C4)C2CCC1C2. The first kappa shape index (κ1) is 11.3. The Balaban J connectivity index is 1.48. The normalized spacial score (nSPS) is 62.0. The van der Waals surface area contributed by atoms with Crippen LogP contribution in [0.5, 0.6) is 0 Å². The molecule has 1 saturated heterocycles. The summed E-state index contributed by atoms with van der Waals surface area (Å²) in [6.07, 6.45) is 14.2. The average molecular weight is 272 g/mol. The van der Waals surface area contributed by atoms with E-state index in [1.165, 1.54) is 51.4 Å². The van der Waals surface area contributed by atoms with Gasteiger partial charge < -0.3 is 0 Å². The van der Waals surface area contributed by atoms with Gasteiger partial charge >= 0.3 is 0 Å². The number of hydrogen-bond donors (Lipinski definition) is 0. The molecule has 2 nitrogen and oxygen atoms in total. The molecule has 3 unspecified atom stereocenters. The Bertz CT molecular complexity index is 466. The predicted molar refractivity (Wildman–Crippen MR) is 74.6 cm³/mol. The van der Waals surface area contributed by atoms with Gasteiger partial charge in [-0.1, -0.05) is 6.08 Å². The van der Waals surface area contributed by atoms with Gasteiger partial charge in [0.2, 0.25) is 0 Å². The number of hydrogen-bond acceptors (Lipinski definition) is 2. The molecule has 0 aromatic carbocycles. The van der Waals surface area contributed by atoms with Gasteiger partial charge in [-0.25, -0.2) is 9.78 Å². The third-order valence-electron chi connectivity index (χ3n) is 7.76. The van der Waals surface area contributed by atoms with E-state index in [0.29, 0.717) is 6.10 Å². The van der Waals surface area contributed by atoms with E-state index in [1.807, 2.05) is 0 Å². The molecule has 5 saturated carbocycles. The van der Waals surface area contributed by atoms with Crippen LogP contribution < -0.4 is 0 Å². The van der Waals surface area contributed by atoms with Gasteiger partial charge in [-0.05, 0) is 92.4 Å². The lowest BCUT2D eigenvalue weighted by molar-refractivity contribution is -0.367. The van der Waals surface area contributed by atoms with Crippen LogP contribution in [0.1, 0.15) is 51.4 Å². The first-order valence-corrected chi connectivity index (χ1v) is 8.89. The largest absolute Gasteiger partial charge is 0.228 e. The van der Waals surface area contributed by atoms with E-state index in [-0.39, 0.29) is 5.60 Å².